The molecule has 124 valence electrons. The van der Waals surface area contributed by atoms with Crippen LogP contribution in [0, 0.1) is 5.92 Å². The molecule has 0 radical (unpaired) electrons. The second kappa shape index (κ2) is 9.33. The van der Waals surface area contributed by atoms with Crippen molar-refractivity contribution in [1.82, 2.24) is 0 Å². The zero-order valence-electron chi connectivity index (χ0n) is 12.7. The zero-order chi connectivity index (χ0) is 16.7. The van der Waals surface area contributed by atoms with E-state index in [4.69, 9.17) is 16.3 Å². The first kappa shape index (κ1) is 19.2. The Kier molecular flexibility index (Phi) is 8.14. The number of hydrogen-bond acceptors (Lipinski definition) is 3. The van der Waals surface area contributed by atoms with E-state index in [0.717, 1.165) is 6.42 Å². The zero-order valence-corrected chi connectivity index (χ0v) is 14.3. The number of thioether (sulfide) groups is 1. The number of rotatable bonds is 8. The van der Waals surface area contributed by atoms with Gasteiger partial charge in [-0.1, -0.05) is 43.3 Å². The Bertz CT molecular complexity index is 500. The number of anilines is 1. The van der Waals surface area contributed by atoms with Crippen LogP contribution in [0.3, 0.4) is 0 Å². The lowest BCUT2D eigenvalue weighted by molar-refractivity contribution is -0.126. The lowest BCUT2D eigenvalue weighted by Crippen LogP contribution is -2.28. The summed E-state index contributed by atoms with van der Waals surface area (Å²) in [4.78, 5) is 12.2. The highest BCUT2D eigenvalue weighted by Gasteiger charge is 2.18. The average molecular weight is 352 g/mol. The molecular formula is C15H20ClF2NO2S. The fraction of sp³-hybridized carbons (Fsp3) is 0.533. The van der Waals surface area contributed by atoms with Crippen LogP contribution >= 0.6 is 23.4 Å². The van der Waals surface area contributed by atoms with E-state index in [9.17, 15) is 13.6 Å². The number of halogens is 3. The van der Waals surface area contributed by atoms with Gasteiger partial charge in [-0.2, -0.15) is 8.78 Å². The third-order valence-electron chi connectivity index (χ3n) is 2.86. The number of alkyl halides is 2. The van der Waals surface area contributed by atoms with Gasteiger partial charge >= 0.3 is 0 Å². The first-order chi connectivity index (χ1) is 10.3. The van der Waals surface area contributed by atoms with Gasteiger partial charge in [0.25, 0.3) is 11.7 Å². The van der Waals surface area contributed by atoms with Crippen molar-refractivity contribution in [2.45, 2.75) is 43.9 Å². The molecule has 0 fully saturated rings. The summed E-state index contributed by atoms with van der Waals surface area (Å²) in [5.74, 6) is -2.52. The SMILES string of the molecule is CC(C)CCOC(C)C(=O)Nc1cccc(Cl)c1SC(F)F. The molecule has 7 heteroatoms. The molecule has 0 bridgehead atoms. The smallest absolute Gasteiger partial charge is 0.289 e. The van der Waals surface area contributed by atoms with Gasteiger partial charge in [-0.05, 0) is 31.4 Å². The van der Waals surface area contributed by atoms with Crippen LogP contribution in [0.25, 0.3) is 0 Å². The molecule has 0 aliphatic rings. The lowest BCUT2D eigenvalue weighted by Gasteiger charge is -2.16. The summed E-state index contributed by atoms with van der Waals surface area (Å²) in [6.07, 6.45) is 0.184. The fourth-order valence-corrected chi connectivity index (χ4v) is 2.52. The molecule has 0 heterocycles. The minimum Gasteiger partial charge on any atom is -0.369 e. The summed E-state index contributed by atoms with van der Waals surface area (Å²) in [6.45, 7) is 6.22. The van der Waals surface area contributed by atoms with Crippen molar-refractivity contribution in [3.05, 3.63) is 23.2 Å². The quantitative estimate of drug-likeness (QED) is 0.666. The molecule has 0 aromatic heterocycles. The van der Waals surface area contributed by atoms with Crippen LogP contribution < -0.4 is 5.32 Å². The molecule has 0 saturated carbocycles. The van der Waals surface area contributed by atoms with E-state index in [2.05, 4.69) is 19.2 Å². The van der Waals surface area contributed by atoms with Crippen molar-refractivity contribution >= 4 is 35.0 Å². The summed E-state index contributed by atoms with van der Waals surface area (Å²) in [5.41, 5.74) is 0.266. The molecular weight excluding hydrogens is 332 g/mol. The van der Waals surface area contributed by atoms with Gasteiger partial charge in [-0.3, -0.25) is 4.79 Å². The summed E-state index contributed by atoms with van der Waals surface area (Å²) >= 11 is 6.22. The Morgan fingerprint density at radius 3 is 2.64 bits per heavy atom. The molecule has 3 nitrogen and oxygen atoms in total. The highest BCUT2D eigenvalue weighted by Crippen LogP contribution is 2.37. The van der Waals surface area contributed by atoms with Gasteiger partial charge < -0.3 is 10.1 Å². The summed E-state index contributed by atoms with van der Waals surface area (Å²) in [5, 5.41) is 2.77. The van der Waals surface area contributed by atoms with E-state index >= 15 is 0 Å². The molecule has 1 aromatic carbocycles. The monoisotopic (exact) mass is 351 g/mol. The van der Waals surface area contributed by atoms with Gasteiger partial charge in [0, 0.05) is 6.61 Å². The average Bonchev–Trinajstić information content (AvgIpc) is 2.41. The predicted molar refractivity (Wildman–Crippen MR) is 86.8 cm³/mol. The van der Waals surface area contributed by atoms with Crippen LogP contribution in [0.5, 0.6) is 0 Å². The van der Waals surface area contributed by atoms with Gasteiger partial charge in [-0.25, -0.2) is 0 Å². The van der Waals surface area contributed by atoms with Crippen molar-refractivity contribution in [2.24, 2.45) is 5.92 Å². The number of hydrogen-bond donors (Lipinski definition) is 1. The molecule has 1 N–H and O–H groups in total. The normalized spacial score (nSPS) is 12.7. The molecule has 0 aliphatic carbocycles. The van der Waals surface area contributed by atoms with Crippen LogP contribution in [0.1, 0.15) is 27.2 Å². The fourth-order valence-electron chi connectivity index (χ4n) is 1.61. The maximum absolute atomic E-state index is 12.6. The summed E-state index contributed by atoms with van der Waals surface area (Å²) in [7, 11) is 0. The van der Waals surface area contributed by atoms with Crippen molar-refractivity contribution in [3.8, 4) is 0 Å². The molecule has 1 amide bonds. The lowest BCUT2D eigenvalue weighted by atomic mass is 10.1. The molecule has 22 heavy (non-hydrogen) atoms. The van der Waals surface area contributed by atoms with Crippen LogP contribution in [0.15, 0.2) is 23.1 Å². The standard InChI is InChI=1S/C15H20ClF2NO2S/c1-9(2)7-8-21-10(3)14(20)19-12-6-4-5-11(16)13(12)22-15(17)18/h4-6,9-10,15H,7-8H2,1-3H3,(H,19,20). The van der Waals surface area contributed by atoms with Crippen LogP contribution in [0.2, 0.25) is 5.02 Å². The minimum atomic E-state index is -2.62. The maximum atomic E-state index is 12.6. The first-order valence-corrected chi connectivity index (χ1v) is 8.22. The minimum absolute atomic E-state index is 0.155. The van der Waals surface area contributed by atoms with Gasteiger partial charge in [0.1, 0.15) is 6.10 Å². The number of benzene rings is 1. The van der Waals surface area contributed by atoms with Crippen molar-refractivity contribution in [1.29, 1.82) is 0 Å². The van der Waals surface area contributed by atoms with Crippen LogP contribution in [-0.2, 0) is 9.53 Å². The number of ether oxygens (including phenoxy) is 1. The van der Waals surface area contributed by atoms with E-state index in [1.165, 1.54) is 12.1 Å². The van der Waals surface area contributed by atoms with E-state index < -0.39 is 11.9 Å². The second-order valence-corrected chi connectivity index (χ2v) is 6.59. The van der Waals surface area contributed by atoms with Crippen molar-refractivity contribution in [2.75, 3.05) is 11.9 Å². The molecule has 0 aliphatic heterocycles. The third kappa shape index (κ3) is 6.50. The Morgan fingerprint density at radius 1 is 1.36 bits per heavy atom. The molecule has 1 rings (SSSR count). The van der Waals surface area contributed by atoms with Crippen LogP contribution in [0.4, 0.5) is 14.5 Å². The summed E-state index contributed by atoms with van der Waals surface area (Å²) < 4.78 is 30.6. The van der Waals surface area contributed by atoms with Crippen molar-refractivity contribution < 1.29 is 18.3 Å². The molecule has 1 atom stereocenters. The van der Waals surface area contributed by atoms with Gasteiger partial charge in [0.05, 0.1) is 15.6 Å². The van der Waals surface area contributed by atoms with E-state index in [0.29, 0.717) is 24.3 Å². The number of amides is 1. The molecule has 0 saturated heterocycles. The highest BCUT2D eigenvalue weighted by atomic mass is 35.5. The Hall–Kier alpha value is -0.850. The number of nitrogens with one attached hydrogen (secondary N) is 1. The second-order valence-electron chi connectivity index (χ2n) is 5.18. The van der Waals surface area contributed by atoms with Gasteiger partial charge in [-0.15, -0.1) is 0 Å². The Labute approximate surface area is 138 Å². The molecule has 0 spiro atoms. The highest BCUT2D eigenvalue weighted by molar-refractivity contribution is 7.99. The topological polar surface area (TPSA) is 38.3 Å². The summed E-state index contributed by atoms with van der Waals surface area (Å²) in [6, 6.07) is 4.64. The third-order valence-corrected chi connectivity index (χ3v) is 4.14. The van der Waals surface area contributed by atoms with Crippen molar-refractivity contribution in [3.63, 3.8) is 0 Å². The largest absolute Gasteiger partial charge is 0.369 e. The molecule has 1 unspecified atom stereocenters. The maximum Gasteiger partial charge on any atom is 0.289 e. The van der Waals surface area contributed by atoms with E-state index in [1.807, 2.05) is 0 Å². The van der Waals surface area contributed by atoms with E-state index in [1.54, 1.807) is 13.0 Å². The number of carbonyl (C=O) groups is 1. The molecule has 1 aromatic rings. The first-order valence-electron chi connectivity index (χ1n) is 6.97. The van der Waals surface area contributed by atoms with E-state index in [-0.39, 0.29) is 21.5 Å². The van der Waals surface area contributed by atoms with Crippen LogP contribution in [-0.4, -0.2) is 24.4 Å². The Balaban J connectivity index is 2.69. The van der Waals surface area contributed by atoms with Gasteiger partial charge in [0.15, 0.2) is 0 Å². The predicted octanol–water partition coefficient (Wildman–Crippen LogP) is 5.04. The van der Waals surface area contributed by atoms with Gasteiger partial charge in [0.2, 0.25) is 0 Å². The Morgan fingerprint density at radius 2 is 2.05 bits per heavy atom. The number of carbonyl (C=O) groups excluding carboxylic acids is 1.